The highest BCUT2D eigenvalue weighted by molar-refractivity contribution is 6.30. The summed E-state index contributed by atoms with van der Waals surface area (Å²) in [6.45, 7) is -0.163. The minimum Gasteiger partial charge on any atom is -0.484 e. The van der Waals surface area contributed by atoms with Crippen molar-refractivity contribution in [3.05, 3.63) is 83.2 Å². The molecule has 3 aromatic rings. The van der Waals surface area contributed by atoms with Crippen molar-refractivity contribution >= 4 is 17.5 Å². The molecule has 1 amide bonds. The first-order valence-electron chi connectivity index (χ1n) is 7.93. The van der Waals surface area contributed by atoms with Gasteiger partial charge in [0, 0.05) is 24.5 Å². The van der Waals surface area contributed by atoms with Gasteiger partial charge in [-0.15, -0.1) is 0 Å². The lowest BCUT2D eigenvalue weighted by Crippen LogP contribution is -2.34. The average molecular weight is 374 g/mol. The second-order valence-electron chi connectivity index (χ2n) is 5.69. The Morgan fingerprint density at radius 1 is 1.23 bits per heavy atom. The van der Waals surface area contributed by atoms with Crippen LogP contribution in [0.5, 0.6) is 5.75 Å². The first-order valence-corrected chi connectivity index (χ1v) is 8.31. The third kappa shape index (κ3) is 4.40. The maximum absolute atomic E-state index is 13.2. The van der Waals surface area contributed by atoms with Crippen LogP contribution in [0.15, 0.2) is 60.9 Å². The van der Waals surface area contributed by atoms with Gasteiger partial charge in [0.05, 0.1) is 0 Å². The van der Waals surface area contributed by atoms with Crippen molar-refractivity contribution in [2.75, 3.05) is 6.61 Å². The summed E-state index contributed by atoms with van der Waals surface area (Å²) in [5.41, 5.74) is 0.723. The minimum absolute atomic E-state index is 0.163. The Morgan fingerprint density at radius 2 is 1.92 bits per heavy atom. The van der Waals surface area contributed by atoms with Crippen LogP contribution in [0.1, 0.15) is 17.4 Å². The van der Waals surface area contributed by atoms with Gasteiger partial charge in [0.15, 0.2) is 6.61 Å². The third-order valence-corrected chi connectivity index (χ3v) is 4.06. The van der Waals surface area contributed by atoms with Gasteiger partial charge < -0.3 is 14.6 Å². The molecular formula is C19H17ClFN3O2. The Hall–Kier alpha value is -2.86. The SMILES string of the molecule is Cn1ccnc1[C@H](NC(=O)COc1ccc(Cl)cc1)c1ccc(F)cc1. The molecule has 1 atom stereocenters. The van der Waals surface area contributed by atoms with E-state index in [9.17, 15) is 9.18 Å². The normalized spacial score (nSPS) is 11.8. The molecule has 1 aromatic heterocycles. The Morgan fingerprint density at radius 3 is 2.54 bits per heavy atom. The smallest absolute Gasteiger partial charge is 0.258 e. The molecule has 0 aliphatic carbocycles. The van der Waals surface area contributed by atoms with Crippen LogP contribution in [0.2, 0.25) is 5.02 Å². The lowest BCUT2D eigenvalue weighted by molar-refractivity contribution is -0.123. The molecule has 0 fully saturated rings. The molecule has 5 nitrogen and oxygen atoms in total. The Labute approximate surface area is 155 Å². The number of hydrogen-bond acceptors (Lipinski definition) is 3. The highest BCUT2D eigenvalue weighted by Crippen LogP contribution is 2.21. The molecule has 3 rings (SSSR count). The van der Waals surface area contributed by atoms with Crippen molar-refractivity contribution in [3.63, 3.8) is 0 Å². The summed E-state index contributed by atoms with van der Waals surface area (Å²) >= 11 is 5.82. The van der Waals surface area contributed by atoms with E-state index in [1.807, 2.05) is 7.05 Å². The van der Waals surface area contributed by atoms with Gasteiger partial charge in [0.2, 0.25) is 0 Å². The largest absolute Gasteiger partial charge is 0.484 e. The van der Waals surface area contributed by atoms with Gasteiger partial charge in [-0.05, 0) is 42.0 Å². The van der Waals surface area contributed by atoms with Gasteiger partial charge in [-0.3, -0.25) is 4.79 Å². The number of hydrogen-bond donors (Lipinski definition) is 1. The average Bonchev–Trinajstić information content (AvgIpc) is 3.06. The van der Waals surface area contributed by atoms with Crippen LogP contribution >= 0.6 is 11.6 Å². The molecular weight excluding hydrogens is 357 g/mol. The Balaban J connectivity index is 1.73. The number of benzene rings is 2. The van der Waals surface area contributed by atoms with Gasteiger partial charge in [-0.2, -0.15) is 0 Å². The molecule has 0 spiro atoms. The topological polar surface area (TPSA) is 56.2 Å². The second kappa shape index (κ2) is 8.01. The number of amides is 1. The van der Waals surface area contributed by atoms with E-state index in [1.165, 1.54) is 12.1 Å². The summed E-state index contributed by atoms with van der Waals surface area (Å²) in [7, 11) is 1.83. The summed E-state index contributed by atoms with van der Waals surface area (Å²) in [6.07, 6.45) is 3.42. The highest BCUT2D eigenvalue weighted by atomic mass is 35.5. The van der Waals surface area contributed by atoms with Crippen LogP contribution in [0.3, 0.4) is 0 Å². The van der Waals surface area contributed by atoms with Crippen LogP contribution in [0.25, 0.3) is 0 Å². The fourth-order valence-electron chi connectivity index (χ4n) is 2.49. The van der Waals surface area contributed by atoms with E-state index < -0.39 is 6.04 Å². The number of nitrogens with zero attached hydrogens (tertiary/aromatic N) is 2. The van der Waals surface area contributed by atoms with Gasteiger partial charge >= 0.3 is 0 Å². The standard InChI is InChI=1S/C19H17ClFN3O2/c1-24-11-10-22-19(24)18(13-2-6-15(21)7-3-13)23-17(25)12-26-16-8-4-14(20)5-9-16/h2-11,18H,12H2,1H3,(H,23,25)/t18-/m1/s1. The zero-order valence-corrected chi connectivity index (χ0v) is 14.8. The van der Waals surface area contributed by atoms with E-state index in [4.69, 9.17) is 16.3 Å². The summed E-state index contributed by atoms with van der Waals surface area (Å²) in [5, 5.41) is 3.47. The lowest BCUT2D eigenvalue weighted by Gasteiger charge is -2.19. The van der Waals surface area contributed by atoms with Crippen LogP contribution < -0.4 is 10.1 Å². The van der Waals surface area contributed by atoms with E-state index in [-0.39, 0.29) is 18.3 Å². The van der Waals surface area contributed by atoms with Crippen molar-refractivity contribution in [2.24, 2.45) is 7.05 Å². The zero-order chi connectivity index (χ0) is 18.5. The number of rotatable bonds is 6. The van der Waals surface area contributed by atoms with Gasteiger partial charge in [-0.25, -0.2) is 9.37 Å². The van der Waals surface area contributed by atoms with Crippen molar-refractivity contribution in [2.45, 2.75) is 6.04 Å². The quantitative estimate of drug-likeness (QED) is 0.719. The summed E-state index contributed by atoms with van der Waals surface area (Å²) in [4.78, 5) is 16.7. The number of aromatic nitrogens is 2. The molecule has 0 unspecified atom stereocenters. The van der Waals surface area contributed by atoms with Crippen LogP contribution in [-0.2, 0) is 11.8 Å². The van der Waals surface area contributed by atoms with E-state index in [0.717, 1.165) is 5.56 Å². The maximum Gasteiger partial charge on any atom is 0.258 e. The number of carbonyl (C=O) groups excluding carboxylic acids is 1. The number of nitrogens with one attached hydrogen (secondary N) is 1. The molecule has 0 aliphatic rings. The van der Waals surface area contributed by atoms with E-state index in [0.29, 0.717) is 16.6 Å². The predicted molar refractivity (Wildman–Crippen MR) is 96.5 cm³/mol. The number of aryl methyl sites for hydroxylation is 1. The van der Waals surface area contributed by atoms with Crippen LogP contribution in [0.4, 0.5) is 4.39 Å². The predicted octanol–water partition coefficient (Wildman–Crippen LogP) is 3.50. The molecule has 0 bridgehead atoms. The third-order valence-electron chi connectivity index (χ3n) is 3.81. The molecule has 2 aromatic carbocycles. The molecule has 1 heterocycles. The number of carbonyl (C=O) groups is 1. The van der Waals surface area contributed by atoms with E-state index in [1.54, 1.807) is 53.4 Å². The van der Waals surface area contributed by atoms with E-state index in [2.05, 4.69) is 10.3 Å². The molecule has 7 heteroatoms. The van der Waals surface area contributed by atoms with Gasteiger partial charge in [-0.1, -0.05) is 23.7 Å². The first kappa shape index (κ1) is 17.9. The zero-order valence-electron chi connectivity index (χ0n) is 14.0. The maximum atomic E-state index is 13.2. The van der Waals surface area contributed by atoms with Gasteiger partial charge in [0.1, 0.15) is 23.4 Å². The van der Waals surface area contributed by atoms with E-state index >= 15 is 0 Å². The second-order valence-corrected chi connectivity index (χ2v) is 6.13. The lowest BCUT2D eigenvalue weighted by atomic mass is 10.1. The molecule has 0 saturated heterocycles. The first-order chi connectivity index (χ1) is 12.5. The molecule has 1 N–H and O–H groups in total. The Kier molecular flexibility index (Phi) is 5.53. The molecule has 0 aliphatic heterocycles. The van der Waals surface area contributed by atoms with Crippen molar-refractivity contribution in [1.82, 2.24) is 14.9 Å². The van der Waals surface area contributed by atoms with Crippen molar-refractivity contribution in [1.29, 1.82) is 0 Å². The van der Waals surface area contributed by atoms with Crippen molar-refractivity contribution in [3.8, 4) is 5.75 Å². The molecule has 134 valence electrons. The Bertz CT molecular complexity index is 879. The highest BCUT2D eigenvalue weighted by Gasteiger charge is 2.21. The number of ether oxygens (including phenoxy) is 1. The van der Waals surface area contributed by atoms with Gasteiger partial charge in [0.25, 0.3) is 5.91 Å². The number of halogens is 2. The fraction of sp³-hybridized carbons (Fsp3) is 0.158. The molecule has 0 saturated carbocycles. The fourth-order valence-corrected chi connectivity index (χ4v) is 2.62. The summed E-state index contributed by atoms with van der Waals surface area (Å²) in [6, 6.07) is 12.2. The van der Waals surface area contributed by atoms with Crippen LogP contribution in [-0.4, -0.2) is 22.1 Å². The summed E-state index contributed by atoms with van der Waals surface area (Å²) < 4.78 is 20.5. The number of imidazole rings is 1. The minimum atomic E-state index is -0.517. The molecule has 0 radical (unpaired) electrons. The monoisotopic (exact) mass is 373 g/mol. The van der Waals surface area contributed by atoms with Crippen LogP contribution in [0, 0.1) is 5.82 Å². The summed E-state index contributed by atoms with van der Waals surface area (Å²) in [5.74, 6) is 0.512. The molecule has 26 heavy (non-hydrogen) atoms. The van der Waals surface area contributed by atoms with Crippen molar-refractivity contribution < 1.29 is 13.9 Å².